The quantitative estimate of drug-likeness (QED) is 0.448. The van der Waals surface area contributed by atoms with Gasteiger partial charge >= 0.3 is 0 Å². The lowest BCUT2D eigenvalue weighted by atomic mass is 9.99. The third-order valence-electron chi connectivity index (χ3n) is 5.47. The second-order valence-electron chi connectivity index (χ2n) is 8.12. The van der Waals surface area contributed by atoms with Gasteiger partial charge in [0.1, 0.15) is 5.70 Å². The number of nitrogens with zero attached hydrogens (tertiary/aromatic N) is 1. The molecule has 0 saturated heterocycles. The molecule has 0 aromatic heterocycles. The molecule has 2 aromatic carbocycles. The summed E-state index contributed by atoms with van der Waals surface area (Å²) >= 11 is 6.26. The number of anilines is 1. The molecule has 2 amide bonds. The standard InChI is InChI=1S/C25H29ClN2O3/c1-15(2)31-13-7-12-28-24(29)22(19-11-10-16(3)17(4)14-19)23(25(28)30)27-21-9-6-8-20(26)18(21)5/h6,8-11,14-15,27H,7,12-13H2,1-5H3. The average Bonchev–Trinajstić information content (AvgIpc) is 2.94. The van der Waals surface area contributed by atoms with Crippen molar-refractivity contribution in [3.63, 3.8) is 0 Å². The molecule has 0 bridgehead atoms. The summed E-state index contributed by atoms with van der Waals surface area (Å²) in [7, 11) is 0. The summed E-state index contributed by atoms with van der Waals surface area (Å²) < 4.78 is 5.57. The lowest BCUT2D eigenvalue weighted by Crippen LogP contribution is -2.34. The second-order valence-corrected chi connectivity index (χ2v) is 8.53. The molecule has 6 heteroatoms. The van der Waals surface area contributed by atoms with Crippen LogP contribution in [0.4, 0.5) is 5.69 Å². The van der Waals surface area contributed by atoms with Crippen LogP contribution in [0.15, 0.2) is 42.1 Å². The highest BCUT2D eigenvalue weighted by atomic mass is 35.5. The van der Waals surface area contributed by atoms with Crippen LogP contribution in [-0.2, 0) is 14.3 Å². The SMILES string of the molecule is Cc1ccc(C2=C(Nc3cccc(Cl)c3C)C(=O)N(CCCOC(C)C)C2=O)cc1C. The first kappa shape index (κ1) is 23.0. The first-order valence-corrected chi connectivity index (χ1v) is 10.9. The van der Waals surface area contributed by atoms with Gasteiger partial charge in [-0.05, 0) is 75.4 Å². The first-order chi connectivity index (χ1) is 14.7. The monoisotopic (exact) mass is 440 g/mol. The Labute approximate surface area is 189 Å². The fourth-order valence-electron chi connectivity index (χ4n) is 3.48. The predicted molar refractivity (Wildman–Crippen MR) is 125 cm³/mol. The van der Waals surface area contributed by atoms with Crippen LogP contribution in [0.25, 0.3) is 5.57 Å². The fraction of sp³-hybridized carbons (Fsp3) is 0.360. The second kappa shape index (κ2) is 9.67. The lowest BCUT2D eigenvalue weighted by molar-refractivity contribution is -0.137. The molecule has 0 fully saturated rings. The molecule has 0 aliphatic carbocycles. The Balaban J connectivity index is 1.98. The van der Waals surface area contributed by atoms with E-state index in [1.807, 2.05) is 65.0 Å². The maximum Gasteiger partial charge on any atom is 0.278 e. The number of carbonyl (C=O) groups is 2. The molecule has 0 atom stereocenters. The van der Waals surface area contributed by atoms with E-state index in [4.69, 9.17) is 16.3 Å². The largest absolute Gasteiger partial charge is 0.379 e. The molecule has 164 valence electrons. The number of benzene rings is 2. The van der Waals surface area contributed by atoms with Crippen molar-refractivity contribution in [3.05, 3.63) is 69.4 Å². The number of carbonyl (C=O) groups excluding carboxylic acids is 2. The van der Waals surface area contributed by atoms with Crippen molar-refractivity contribution in [1.82, 2.24) is 4.90 Å². The van der Waals surface area contributed by atoms with E-state index in [1.165, 1.54) is 4.90 Å². The van der Waals surface area contributed by atoms with E-state index in [0.717, 1.165) is 22.3 Å². The molecule has 1 aliphatic rings. The molecule has 0 spiro atoms. The molecule has 3 rings (SSSR count). The van der Waals surface area contributed by atoms with Crippen LogP contribution in [0.3, 0.4) is 0 Å². The van der Waals surface area contributed by atoms with Crippen molar-refractivity contribution in [2.75, 3.05) is 18.5 Å². The van der Waals surface area contributed by atoms with Crippen LogP contribution >= 0.6 is 11.6 Å². The van der Waals surface area contributed by atoms with Gasteiger partial charge in [-0.3, -0.25) is 14.5 Å². The Morgan fingerprint density at radius 3 is 2.45 bits per heavy atom. The molecule has 0 saturated carbocycles. The van der Waals surface area contributed by atoms with E-state index in [0.29, 0.717) is 35.9 Å². The van der Waals surface area contributed by atoms with Crippen molar-refractivity contribution >= 4 is 34.7 Å². The van der Waals surface area contributed by atoms with E-state index >= 15 is 0 Å². The van der Waals surface area contributed by atoms with Crippen molar-refractivity contribution in [3.8, 4) is 0 Å². The number of nitrogens with one attached hydrogen (secondary N) is 1. The van der Waals surface area contributed by atoms with Crippen LogP contribution in [-0.4, -0.2) is 36.0 Å². The number of hydrogen-bond acceptors (Lipinski definition) is 4. The lowest BCUT2D eigenvalue weighted by Gasteiger charge is -2.16. The van der Waals surface area contributed by atoms with Gasteiger partial charge in [0.05, 0.1) is 11.7 Å². The van der Waals surface area contributed by atoms with E-state index in [1.54, 1.807) is 6.07 Å². The Hall–Kier alpha value is -2.63. The number of hydrogen-bond donors (Lipinski definition) is 1. The summed E-state index contributed by atoms with van der Waals surface area (Å²) in [6.45, 7) is 10.6. The zero-order valence-corrected chi connectivity index (χ0v) is 19.5. The number of amides is 2. The summed E-state index contributed by atoms with van der Waals surface area (Å²) in [6, 6.07) is 11.3. The fourth-order valence-corrected chi connectivity index (χ4v) is 3.65. The summed E-state index contributed by atoms with van der Waals surface area (Å²) in [5.41, 5.74) is 5.11. The van der Waals surface area contributed by atoms with Gasteiger partial charge < -0.3 is 10.1 Å². The summed E-state index contributed by atoms with van der Waals surface area (Å²) in [5, 5.41) is 3.80. The third-order valence-corrected chi connectivity index (χ3v) is 5.88. The van der Waals surface area contributed by atoms with Gasteiger partial charge in [0.25, 0.3) is 11.8 Å². The minimum absolute atomic E-state index is 0.109. The molecular formula is C25H29ClN2O3. The first-order valence-electron chi connectivity index (χ1n) is 10.5. The smallest absolute Gasteiger partial charge is 0.278 e. The highest BCUT2D eigenvalue weighted by Gasteiger charge is 2.39. The van der Waals surface area contributed by atoms with Gasteiger partial charge in [-0.25, -0.2) is 0 Å². The summed E-state index contributed by atoms with van der Waals surface area (Å²) in [6.07, 6.45) is 0.691. The Bertz CT molecular complexity index is 1040. The molecule has 0 radical (unpaired) electrons. The zero-order valence-electron chi connectivity index (χ0n) is 18.7. The van der Waals surface area contributed by atoms with Crippen LogP contribution in [0.5, 0.6) is 0 Å². The number of halogens is 1. The summed E-state index contributed by atoms with van der Waals surface area (Å²) in [5.74, 6) is -0.623. The molecule has 31 heavy (non-hydrogen) atoms. The number of ether oxygens (including phenoxy) is 1. The van der Waals surface area contributed by atoms with Crippen molar-refractivity contribution in [2.24, 2.45) is 0 Å². The molecule has 1 N–H and O–H groups in total. The number of imide groups is 1. The summed E-state index contributed by atoms with van der Waals surface area (Å²) in [4.78, 5) is 27.9. The van der Waals surface area contributed by atoms with Gasteiger partial charge in [-0.2, -0.15) is 0 Å². The van der Waals surface area contributed by atoms with E-state index in [2.05, 4.69) is 5.32 Å². The van der Waals surface area contributed by atoms with Gasteiger partial charge in [-0.1, -0.05) is 35.9 Å². The highest BCUT2D eigenvalue weighted by molar-refractivity contribution is 6.36. The molecule has 0 unspecified atom stereocenters. The number of aryl methyl sites for hydroxylation is 2. The topological polar surface area (TPSA) is 58.6 Å². The normalized spacial score (nSPS) is 14.2. The molecule has 1 heterocycles. The molecule has 1 aliphatic heterocycles. The van der Waals surface area contributed by atoms with Gasteiger partial charge in [0.15, 0.2) is 0 Å². The Morgan fingerprint density at radius 1 is 1.03 bits per heavy atom. The third kappa shape index (κ3) is 5.00. The van der Waals surface area contributed by atoms with Crippen LogP contribution < -0.4 is 5.32 Å². The predicted octanol–water partition coefficient (Wildman–Crippen LogP) is 5.27. The number of rotatable bonds is 8. The minimum Gasteiger partial charge on any atom is -0.379 e. The zero-order chi connectivity index (χ0) is 22.7. The average molecular weight is 441 g/mol. The molecular weight excluding hydrogens is 412 g/mol. The Morgan fingerprint density at radius 2 is 1.77 bits per heavy atom. The van der Waals surface area contributed by atoms with Gasteiger partial charge in [0.2, 0.25) is 0 Å². The maximum atomic E-state index is 13.3. The Kier molecular flexibility index (Phi) is 7.19. The van der Waals surface area contributed by atoms with E-state index in [-0.39, 0.29) is 23.6 Å². The van der Waals surface area contributed by atoms with Crippen molar-refractivity contribution < 1.29 is 14.3 Å². The van der Waals surface area contributed by atoms with E-state index < -0.39 is 0 Å². The van der Waals surface area contributed by atoms with Gasteiger partial charge in [0, 0.05) is 23.9 Å². The van der Waals surface area contributed by atoms with Crippen molar-refractivity contribution in [2.45, 2.75) is 47.1 Å². The van der Waals surface area contributed by atoms with Gasteiger partial charge in [-0.15, -0.1) is 0 Å². The van der Waals surface area contributed by atoms with Crippen LogP contribution in [0, 0.1) is 20.8 Å². The van der Waals surface area contributed by atoms with Crippen LogP contribution in [0.2, 0.25) is 5.02 Å². The van der Waals surface area contributed by atoms with Crippen molar-refractivity contribution in [1.29, 1.82) is 0 Å². The minimum atomic E-state index is -0.331. The molecule has 5 nitrogen and oxygen atoms in total. The van der Waals surface area contributed by atoms with Crippen LogP contribution in [0.1, 0.15) is 42.5 Å². The maximum absolute atomic E-state index is 13.3. The highest BCUT2D eigenvalue weighted by Crippen LogP contribution is 2.33. The van der Waals surface area contributed by atoms with E-state index in [9.17, 15) is 9.59 Å². The molecule has 2 aromatic rings.